The van der Waals surface area contributed by atoms with E-state index in [4.69, 9.17) is 4.74 Å². The number of pyridine rings is 1. The summed E-state index contributed by atoms with van der Waals surface area (Å²) in [4.78, 5) is 4.63. The SMILES string of the molecule is COc1cc(-c2cn3ccc(NCCF)cc3n2)ccc1C. The van der Waals surface area contributed by atoms with Crippen molar-refractivity contribution < 1.29 is 9.13 Å². The highest BCUT2D eigenvalue weighted by molar-refractivity contribution is 5.66. The normalized spacial score (nSPS) is 10.9. The molecule has 2 heterocycles. The molecule has 0 aliphatic carbocycles. The summed E-state index contributed by atoms with van der Waals surface area (Å²) in [7, 11) is 1.67. The number of hydrogen-bond acceptors (Lipinski definition) is 3. The number of ether oxygens (including phenoxy) is 1. The molecule has 1 N–H and O–H groups in total. The van der Waals surface area contributed by atoms with Gasteiger partial charge in [-0.2, -0.15) is 0 Å². The molecule has 22 heavy (non-hydrogen) atoms. The largest absolute Gasteiger partial charge is 0.496 e. The van der Waals surface area contributed by atoms with Gasteiger partial charge >= 0.3 is 0 Å². The molecule has 0 spiro atoms. The van der Waals surface area contributed by atoms with Gasteiger partial charge in [-0.25, -0.2) is 9.37 Å². The van der Waals surface area contributed by atoms with Gasteiger partial charge in [0, 0.05) is 36.3 Å². The first kappa shape index (κ1) is 14.4. The van der Waals surface area contributed by atoms with E-state index < -0.39 is 6.67 Å². The third-order valence-corrected chi connectivity index (χ3v) is 3.59. The lowest BCUT2D eigenvalue weighted by Crippen LogP contribution is -2.02. The molecule has 4 nitrogen and oxygen atoms in total. The molecule has 0 radical (unpaired) electrons. The van der Waals surface area contributed by atoms with Crippen molar-refractivity contribution in [2.75, 3.05) is 25.6 Å². The average Bonchev–Trinajstić information content (AvgIpc) is 2.96. The number of fused-ring (bicyclic) bond motifs is 1. The van der Waals surface area contributed by atoms with Crippen molar-refractivity contribution in [1.82, 2.24) is 9.38 Å². The van der Waals surface area contributed by atoms with Crippen molar-refractivity contribution in [2.24, 2.45) is 0 Å². The molecule has 0 unspecified atom stereocenters. The maximum atomic E-state index is 12.2. The molecule has 1 aromatic carbocycles. The second-order valence-corrected chi connectivity index (χ2v) is 5.11. The summed E-state index contributed by atoms with van der Waals surface area (Å²) in [6.45, 7) is 1.92. The number of rotatable bonds is 5. The van der Waals surface area contributed by atoms with Crippen molar-refractivity contribution in [2.45, 2.75) is 6.92 Å². The fourth-order valence-corrected chi connectivity index (χ4v) is 2.40. The van der Waals surface area contributed by atoms with E-state index in [1.54, 1.807) is 7.11 Å². The van der Waals surface area contributed by atoms with Crippen molar-refractivity contribution in [3.05, 3.63) is 48.3 Å². The summed E-state index contributed by atoms with van der Waals surface area (Å²) < 4.78 is 19.5. The van der Waals surface area contributed by atoms with E-state index in [1.807, 2.05) is 54.0 Å². The predicted octanol–water partition coefficient (Wildman–Crippen LogP) is 3.70. The fraction of sp³-hybridized carbons (Fsp3) is 0.235. The lowest BCUT2D eigenvalue weighted by atomic mass is 10.1. The van der Waals surface area contributed by atoms with Crippen LogP contribution in [0, 0.1) is 6.92 Å². The number of benzene rings is 1. The number of aromatic nitrogens is 2. The molecule has 2 aromatic heterocycles. The molecular formula is C17H18FN3O. The number of imidazole rings is 1. The molecule has 3 rings (SSSR count). The van der Waals surface area contributed by atoms with Crippen LogP contribution >= 0.6 is 0 Å². The fourth-order valence-electron chi connectivity index (χ4n) is 2.40. The van der Waals surface area contributed by atoms with Crippen LogP contribution < -0.4 is 10.1 Å². The molecular weight excluding hydrogens is 281 g/mol. The van der Waals surface area contributed by atoms with Crippen LogP contribution in [0.4, 0.5) is 10.1 Å². The second kappa shape index (κ2) is 6.05. The monoisotopic (exact) mass is 299 g/mol. The minimum Gasteiger partial charge on any atom is -0.496 e. The smallest absolute Gasteiger partial charge is 0.139 e. The van der Waals surface area contributed by atoms with Crippen LogP contribution in [-0.4, -0.2) is 29.7 Å². The van der Waals surface area contributed by atoms with Gasteiger partial charge in [-0.15, -0.1) is 0 Å². The van der Waals surface area contributed by atoms with Gasteiger partial charge in [0.05, 0.1) is 12.8 Å². The van der Waals surface area contributed by atoms with Crippen molar-refractivity contribution in [1.29, 1.82) is 0 Å². The summed E-state index contributed by atoms with van der Waals surface area (Å²) in [6.07, 6.45) is 3.89. The maximum absolute atomic E-state index is 12.2. The van der Waals surface area contributed by atoms with Gasteiger partial charge < -0.3 is 14.5 Å². The molecule has 0 bridgehead atoms. The summed E-state index contributed by atoms with van der Waals surface area (Å²) in [5, 5.41) is 3.01. The lowest BCUT2D eigenvalue weighted by Gasteiger charge is -2.05. The highest BCUT2D eigenvalue weighted by atomic mass is 19.1. The third kappa shape index (κ3) is 2.74. The molecule has 0 amide bonds. The second-order valence-electron chi connectivity index (χ2n) is 5.11. The molecule has 0 atom stereocenters. The van der Waals surface area contributed by atoms with Crippen LogP contribution in [0.5, 0.6) is 5.75 Å². The molecule has 0 aliphatic heterocycles. The molecule has 0 aliphatic rings. The van der Waals surface area contributed by atoms with Gasteiger partial charge in [0.1, 0.15) is 18.1 Å². The number of methoxy groups -OCH3 is 1. The van der Waals surface area contributed by atoms with Gasteiger partial charge in [-0.3, -0.25) is 0 Å². The van der Waals surface area contributed by atoms with E-state index in [9.17, 15) is 4.39 Å². The van der Waals surface area contributed by atoms with E-state index in [2.05, 4.69) is 10.3 Å². The van der Waals surface area contributed by atoms with Gasteiger partial charge in [0.15, 0.2) is 0 Å². The zero-order valence-electron chi connectivity index (χ0n) is 12.6. The number of nitrogens with zero attached hydrogens (tertiary/aromatic N) is 2. The molecule has 0 fully saturated rings. The number of alkyl halides is 1. The number of hydrogen-bond donors (Lipinski definition) is 1. The topological polar surface area (TPSA) is 38.6 Å². The third-order valence-electron chi connectivity index (χ3n) is 3.59. The van der Waals surface area contributed by atoms with E-state index in [0.29, 0.717) is 6.54 Å². The molecule has 5 heteroatoms. The lowest BCUT2D eigenvalue weighted by molar-refractivity contribution is 0.412. The van der Waals surface area contributed by atoms with Crippen LogP contribution in [0.2, 0.25) is 0 Å². The summed E-state index contributed by atoms with van der Waals surface area (Å²) >= 11 is 0. The molecule has 3 aromatic rings. The Morgan fingerprint density at radius 3 is 2.91 bits per heavy atom. The number of anilines is 1. The predicted molar refractivity (Wildman–Crippen MR) is 86.4 cm³/mol. The summed E-state index contributed by atoms with van der Waals surface area (Å²) in [5.41, 5.74) is 4.65. The van der Waals surface area contributed by atoms with Crippen molar-refractivity contribution in [3.8, 4) is 17.0 Å². The van der Waals surface area contributed by atoms with Gasteiger partial charge in [0.2, 0.25) is 0 Å². The Labute approximate surface area is 128 Å². The zero-order chi connectivity index (χ0) is 15.5. The minimum absolute atomic E-state index is 0.304. The summed E-state index contributed by atoms with van der Waals surface area (Å²) in [5.74, 6) is 0.847. The van der Waals surface area contributed by atoms with Gasteiger partial charge in [-0.05, 0) is 24.6 Å². The molecule has 114 valence electrons. The highest BCUT2D eigenvalue weighted by Crippen LogP contribution is 2.27. The Kier molecular flexibility index (Phi) is 3.96. The van der Waals surface area contributed by atoms with E-state index in [0.717, 1.165) is 33.9 Å². The Morgan fingerprint density at radius 2 is 2.14 bits per heavy atom. The minimum atomic E-state index is -0.395. The first-order valence-corrected chi connectivity index (χ1v) is 7.15. The number of nitrogens with one attached hydrogen (secondary N) is 1. The van der Waals surface area contributed by atoms with Gasteiger partial charge in [-0.1, -0.05) is 12.1 Å². The Hall–Kier alpha value is -2.56. The Balaban J connectivity index is 1.97. The van der Waals surface area contributed by atoms with Gasteiger partial charge in [0.25, 0.3) is 0 Å². The van der Waals surface area contributed by atoms with Crippen molar-refractivity contribution >= 4 is 11.3 Å². The zero-order valence-corrected chi connectivity index (χ0v) is 12.6. The molecule has 0 saturated carbocycles. The van der Waals surface area contributed by atoms with Crippen LogP contribution in [0.3, 0.4) is 0 Å². The van der Waals surface area contributed by atoms with E-state index >= 15 is 0 Å². The Morgan fingerprint density at radius 1 is 1.27 bits per heavy atom. The number of halogens is 1. The number of aryl methyl sites for hydroxylation is 1. The van der Waals surface area contributed by atoms with Crippen LogP contribution in [0.15, 0.2) is 42.7 Å². The first-order valence-electron chi connectivity index (χ1n) is 7.15. The average molecular weight is 299 g/mol. The van der Waals surface area contributed by atoms with Crippen LogP contribution in [-0.2, 0) is 0 Å². The standard InChI is InChI=1S/C17H18FN3O/c1-12-3-4-13(9-16(12)22-2)15-11-21-8-5-14(19-7-6-18)10-17(21)20-15/h3-5,8-11,19H,6-7H2,1-2H3. The van der Waals surface area contributed by atoms with E-state index in [-0.39, 0.29) is 0 Å². The van der Waals surface area contributed by atoms with Crippen LogP contribution in [0.25, 0.3) is 16.9 Å². The highest BCUT2D eigenvalue weighted by Gasteiger charge is 2.07. The van der Waals surface area contributed by atoms with Crippen molar-refractivity contribution in [3.63, 3.8) is 0 Å². The quantitative estimate of drug-likeness (QED) is 0.780. The van der Waals surface area contributed by atoms with E-state index in [1.165, 1.54) is 0 Å². The first-order chi connectivity index (χ1) is 10.7. The Bertz CT molecular complexity index is 798. The van der Waals surface area contributed by atoms with Crippen LogP contribution in [0.1, 0.15) is 5.56 Å². The summed E-state index contributed by atoms with van der Waals surface area (Å²) in [6, 6.07) is 9.85. The molecule has 0 saturated heterocycles. The maximum Gasteiger partial charge on any atom is 0.139 e.